The van der Waals surface area contributed by atoms with Gasteiger partial charge in [-0.15, -0.1) is 0 Å². The lowest BCUT2D eigenvalue weighted by Crippen LogP contribution is -2.37. The molecule has 1 aliphatic rings. The summed E-state index contributed by atoms with van der Waals surface area (Å²) in [5.41, 5.74) is 2.42. The zero-order valence-corrected chi connectivity index (χ0v) is 14.2. The first kappa shape index (κ1) is 15.8. The largest absolute Gasteiger partial charge is 0.348 e. The summed E-state index contributed by atoms with van der Waals surface area (Å²) in [4.78, 5) is 19.3. The molecule has 6 nitrogen and oxygen atoms in total. The number of nitrogens with zero attached hydrogens (tertiary/aromatic N) is 4. The van der Waals surface area contributed by atoms with Gasteiger partial charge in [-0.2, -0.15) is 5.10 Å². The fraction of sp³-hybridized carbons (Fsp3) is 0.316. The number of nitrogens with one attached hydrogen (secondary N) is 1. The molecule has 4 rings (SSSR count). The maximum Gasteiger partial charge on any atom is 0.257 e. The monoisotopic (exact) mass is 335 g/mol. The Labute approximate surface area is 146 Å². The van der Waals surface area contributed by atoms with Crippen molar-refractivity contribution in [1.82, 2.24) is 24.8 Å². The number of aromatic nitrogens is 3. The van der Waals surface area contributed by atoms with E-state index in [-0.39, 0.29) is 11.9 Å². The van der Waals surface area contributed by atoms with Crippen molar-refractivity contribution in [3.63, 3.8) is 0 Å². The summed E-state index contributed by atoms with van der Waals surface area (Å²) in [6.07, 6.45) is 6.00. The minimum Gasteiger partial charge on any atom is -0.348 e. The van der Waals surface area contributed by atoms with E-state index in [1.807, 2.05) is 6.07 Å². The first-order chi connectivity index (χ1) is 12.2. The molecule has 0 unspecified atom stereocenters. The van der Waals surface area contributed by atoms with Crippen LogP contribution < -0.4 is 5.32 Å². The van der Waals surface area contributed by atoms with Crippen molar-refractivity contribution < 1.29 is 4.79 Å². The van der Waals surface area contributed by atoms with Gasteiger partial charge in [-0.05, 0) is 25.0 Å². The number of fused-ring (bicyclic) bond motifs is 1. The number of carbonyl (C=O) groups excluding carboxylic acids is 1. The predicted octanol–water partition coefficient (Wildman–Crippen LogP) is 2.29. The molecule has 0 bridgehead atoms. The second-order valence-electron chi connectivity index (χ2n) is 6.49. The third-order valence-corrected chi connectivity index (χ3v) is 4.91. The van der Waals surface area contributed by atoms with Gasteiger partial charge in [0.05, 0.1) is 6.20 Å². The average molecular weight is 335 g/mol. The van der Waals surface area contributed by atoms with E-state index < -0.39 is 0 Å². The molecule has 2 aromatic heterocycles. The second kappa shape index (κ2) is 6.64. The van der Waals surface area contributed by atoms with Crippen molar-refractivity contribution in [2.45, 2.75) is 25.4 Å². The molecule has 1 aliphatic heterocycles. The van der Waals surface area contributed by atoms with Crippen LogP contribution in [0.2, 0.25) is 0 Å². The minimum atomic E-state index is -0.104. The fourth-order valence-corrected chi connectivity index (χ4v) is 3.45. The van der Waals surface area contributed by atoms with Gasteiger partial charge in [-0.25, -0.2) is 9.50 Å². The van der Waals surface area contributed by atoms with Gasteiger partial charge in [-0.1, -0.05) is 30.3 Å². The SMILES string of the molecule is C[C@H](c1ccccc1)N1CC[C@@H](NC(=O)c2cnn3cccnc23)C1. The molecule has 3 aromatic rings. The molecule has 0 saturated carbocycles. The van der Waals surface area contributed by atoms with E-state index in [0.717, 1.165) is 19.5 Å². The van der Waals surface area contributed by atoms with Crippen molar-refractivity contribution in [3.05, 3.63) is 66.1 Å². The number of likely N-dealkylation sites (tertiary alicyclic amines) is 1. The van der Waals surface area contributed by atoms with Crippen molar-refractivity contribution in [3.8, 4) is 0 Å². The Kier molecular flexibility index (Phi) is 4.19. The van der Waals surface area contributed by atoms with Crippen LogP contribution in [0.3, 0.4) is 0 Å². The van der Waals surface area contributed by atoms with Crippen LogP contribution in [0.5, 0.6) is 0 Å². The van der Waals surface area contributed by atoms with Crippen LogP contribution in [0.4, 0.5) is 0 Å². The Hall–Kier alpha value is -2.73. The molecular weight excluding hydrogens is 314 g/mol. The first-order valence-corrected chi connectivity index (χ1v) is 8.60. The van der Waals surface area contributed by atoms with Crippen LogP contribution in [0.15, 0.2) is 55.0 Å². The Balaban J connectivity index is 1.42. The van der Waals surface area contributed by atoms with Crippen LogP contribution in [-0.4, -0.2) is 44.5 Å². The molecule has 1 aromatic carbocycles. The highest BCUT2D eigenvalue weighted by atomic mass is 16.1. The number of rotatable bonds is 4. The quantitative estimate of drug-likeness (QED) is 0.795. The predicted molar refractivity (Wildman–Crippen MR) is 95.3 cm³/mol. The molecule has 1 saturated heterocycles. The van der Waals surface area contributed by atoms with Gasteiger partial charge in [0.25, 0.3) is 5.91 Å². The van der Waals surface area contributed by atoms with Crippen molar-refractivity contribution in [1.29, 1.82) is 0 Å². The molecule has 1 fully saturated rings. The number of benzene rings is 1. The first-order valence-electron chi connectivity index (χ1n) is 8.60. The summed E-state index contributed by atoms with van der Waals surface area (Å²) in [6, 6.07) is 12.8. The molecule has 128 valence electrons. The van der Waals surface area contributed by atoms with Crippen LogP contribution in [0.1, 0.15) is 35.3 Å². The van der Waals surface area contributed by atoms with Gasteiger partial charge in [0.15, 0.2) is 5.65 Å². The lowest BCUT2D eigenvalue weighted by atomic mass is 10.1. The third kappa shape index (κ3) is 3.13. The molecule has 6 heteroatoms. The third-order valence-electron chi connectivity index (χ3n) is 4.91. The van der Waals surface area contributed by atoms with E-state index in [9.17, 15) is 4.79 Å². The molecule has 1 amide bonds. The van der Waals surface area contributed by atoms with Crippen LogP contribution in [0.25, 0.3) is 5.65 Å². The summed E-state index contributed by atoms with van der Waals surface area (Å²) >= 11 is 0. The summed E-state index contributed by atoms with van der Waals surface area (Å²) in [7, 11) is 0. The van der Waals surface area contributed by atoms with E-state index in [1.165, 1.54) is 5.56 Å². The van der Waals surface area contributed by atoms with Crippen LogP contribution in [-0.2, 0) is 0 Å². The molecular formula is C19H21N5O. The van der Waals surface area contributed by atoms with Crippen molar-refractivity contribution >= 4 is 11.6 Å². The highest BCUT2D eigenvalue weighted by molar-refractivity contribution is 5.99. The van der Waals surface area contributed by atoms with Gasteiger partial charge < -0.3 is 5.32 Å². The molecule has 1 N–H and O–H groups in total. The summed E-state index contributed by atoms with van der Waals surface area (Å²) in [5.74, 6) is -0.104. The van der Waals surface area contributed by atoms with Gasteiger partial charge >= 0.3 is 0 Å². The summed E-state index contributed by atoms with van der Waals surface area (Å²) in [5, 5.41) is 7.32. The lowest BCUT2D eigenvalue weighted by molar-refractivity contribution is 0.0938. The fourth-order valence-electron chi connectivity index (χ4n) is 3.45. The Morgan fingerprint density at radius 2 is 2.12 bits per heavy atom. The maximum absolute atomic E-state index is 12.6. The Bertz CT molecular complexity index is 876. The van der Waals surface area contributed by atoms with Crippen molar-refractivity contribution in [2.24, 2.45) is 0 Å². The molecule has 3 heterocycles. The van der Waals surface area contributed by atoms with E-state index in [2.05, 4.69) is 51.5 Å². The number of amides is 1. The van der Waals surface area contributed by atoms with Gasteiger partial charge in [0, 0.05) is 37.6 Å². The minimum absolute atomic E-state index is 0.104. The molecule has 0 aliphatic carbocycles. The molecule has 0 radical (unpaired) electrons. The number of hydrogen-bond donors (Lipinski definition) is 1. The van der Waals surface area contributed by atoms with E-state index in [4.69, 9.17) is 0 Å². The van der Waals surface area contributed by atoms with Gasteiger partial charge in [0.1, 0.15) is 5.56 Å². The second-order valence-corrected chi connectivity index (χ2v) is 6.49. The standard InChI is InChI=1S/C19H21N5O/c1-14(15-6-3-2-4-7-15)23-11-8-16(13-23)22-19(25)17-12-21-24-10-5-9-20-18(17)24/h2-7,9-10,12,14,16H,8,11,13H2,1H3,(H,22,25)/t14-,16-/m1/s1. The average Bonchev–Trinajstić information content (AvgIpc) is 3.28. The topological polar surface area (TPSA) is 62.5 Å². The lowest BCUT2D eigenvalue weighted by Gasteiger charge is -2.24. The molecule has 2 atom stereocenters. The summed E-state index contributed by atoms with van der Waals surface area (Å²) < 4.78 is 1.62. The van der Waals surface area contributed by atoms with Gasteiger partial charge in [0.2, 0.25) is 0 Å². The zero-order chi connectivity index (χ0) is 17.2. The highest BCUT2D eigenvalue weighted by Crippen LogP contribution is 2.24. The number of hydrogen-bond acceptors (Lipinski definition) is 4. The van der Waals surface area contributed by atoms with Crippen LogP contribution >= 0.6 is 0 Å². The van der Waals surface area contributed by atoms with E-state index in [1.54, 1.807) is 29.2 Å². The highest BCUT2D eigenvalue weighted by Gasteiger charge is 2.28. The van der Waals surface area contributed by atoms with Gasteiger partial charge in [-0.3, -0.25) is 9.69 Å². The molecule has 0 spiro atoms. The van der Waals surface area contributed by atoms with Crippen LogP contribution in [0, 0.1) is 0 Å². The summed E-state index contributed by atoms with van der Waals surface area (Å²) in [6.45, 7) is 4.05. The Morgan fingerprint density at radius 3 is 2.96 bits per heavy atom. The molecule has 25 heavy (non-hydrogen) atoms. The smallest absolute Gasteiger partial charge is 0.257 e. The zero-order valence-electron chi connectivity index (χ0n) is 14.2. The maximum atomic E-state index is 12.6. The van der Waals surface area contributed by atoms with Crippen molar-refractivity contribution in [2.75, 3.05) is 13.1 Å². The normalized spacial score (nSPS) is 19.2. The van der Waals surface area contributed by atoms with E-state index in [0.29, 0.717) is 17.3 Å². The Morgan fingerprint density at radius 1 is 1.28 bits per heavy atom. The number of carbonyl (C=O) groups is 1. The van der Waals surface area contributed by atoms with E-state index >= 15 is 0 Å².